The highest BCUT2D eigenvalue weighted by molar-refractivity contribution is 5.61. The van der Waals surface area contributed by atoms with Crippen LogP contribution in [0.25, 0.3) is 6.08 Å². The first-order chi connectivity index (χ1) is 7.95. The minimum Gasteiger partial charge on any atom is -0.0802 e. The van der Waals surface area contributed by atoms with Crippen LogP contribution in [-0.4, -0.2) is 0 Å². The van der Waals surface area contributed by atoms with Gasteiger partial charge >= 0.3 is 0 Å². The molecule has 4 atom stereocenters. The maximum absolute atomic E-state index is 2.41. The molecule has 0 heteroatoms. The van der Waals surface area contributed by atoms with Crippen LogP contribution in [0.2, 0.25) is 0 Å². The van der Waals surface area contributed by atoms with Crippen molar-refractivity contribution in [2.45, 2.75) is 5.92 Å². The van der Waals surface area contributed by atoms with Crippen molar-refractivity contribution in [1.29, 1.82) is 0 Å². The Balaban J connectivity index is 1.83. The Labute approximate surface area is 96.0 Å². The smallest absolute Gasteiger partial charge is 0.00182 e. The lowest BCUT2D eigenvalue weighted by Gasteiger charge is -2.52. The minimum absolute atomic E-state index is 0.729. The van der Waals surface area contributed by atoms with Crippen molar-refractivity contribution < 1.29 is 0 Å². The maximum atomic E-state index is 2.41. The van der Waals surface area contributed by atoms with Gasteiger partial charge in [0.2, 0.25) is 0 Å². The van der Waals surface area contributed by atoms with Crippen LogP contribution in [0.1, 0.15) is 17.0 Å². The zero-order chi connectivity index (χ0) is 10.5. The van der Waals surface area contributed by atoms with Crippen molar-refractivity contribution in [3.8, 4) is 0 Å². The minimum atomic E-state index is 0.729. The molecule has 0 N–H and O–H groups in total. The molecule has 0 saturated heterocycles. The molecule has 0 aromatic heterocycles. The van der Waals surface area contributed by atoms with Gasteiger partial charge in [-0.25, -0.2) is 0 Å². The Morgan fingerprint density at radius 3 is 2.44 bits per heavy atom. The topological polar surface area (TPSA) is 0 Å². The first kappa shape index (κ1) is 8.58. The van der Waals surface area contributed by atoms with Crippen molar-refractivity contribution in [2.75, 3.05) is 0 Å². The van der Waals surface area contributed by atoms with Gasteiger partial charge in [0.15, 0.2) is 0 Å². The lowest BCUT2D eigenvalue weighted by Crippen LogP contribution is -2.44. The van der Waals surface area contributed by atoms with Crippen molar-refractivity contribution in [3.05, 3.63) is 65.8 Å². The Morgan fingerprint density at radius 2 is 1.50 bits per heavy atom. The number of benzene rings is 1. The van der Waals surface area contributed by atoms with E-state index >= 15 is 0 Å². The quantitative estimate of drug-likeness (QED) is 0.606. The fourth-order valence-corrected chi connectivity index (χ4v) is 3.58. The molecule has 1 aromatic carbocycles. The second kappa shape index (κ2) is 2.98. The normalized spacial score (nSPS) is 37.2. The van der Waals surface area contributed by atoms with E-state index in [-0.39, 0.29) is 0 Å². The molecule has 78 valence electrons. The van der Waals surface area contributed by atoms with Crippen LogP contribution in [0.3, 0.4) is 0 Å². The number of hydrogen-bond donors (Lipinski definition) is 0. The second-order valence-electron chi connectivity index (χ2n) is 5.02. The zero-order valence-electron chi connectivity index (χ0n) is 9.08. The van der Waals surface area contributed by atoms with Crippen LogP contribution in [0.5, 0.6) is 0 Å². The summed E-state index contributed by atoms with van der Waals surface area (Å²) in [4.78, 5) is 0. The van der Waals surface area contributed by atoms with Crippen LogP contribution in [0.15, 0.2) is 54.6 Å². The Bertz CT molecular complexity index is 519. The summed E-state index contributed by atoms with van der Waals surface area (Å²) in [6.07, 6.45) is 13.9. The Morgan fingerprint density at radius 1 is 0.750 bits per heavy atom. The molecule has 0 bridgehead atoms. The van der Waals surface area contributed by atoms with Crippen molar-refractivity contribution in [3.63, 3.8) is 0 Å². The van der Waals surface area contributed by atoms with Gasteiger partial charge in [-0.2, -0.15) is 0 Å². The summed E-state index contributed by atoms with van der Waals surface area (Å²) in [5.74, 6) is 2.95. The first-order valence-electron chi connectivity index (χ1n) is 6.07. The molecule has 0 spiro atoms. The molecule has 0 radical (unpaired) electrons. The number of allylic oxidation sites excluding steroid dienone is 5. The molecular weight excluding hydrogens is 192 g/mol. The summed E-state index contributed by atoms with van der Waals surface area (Å²) >= 11 is 0. The predicted molar refractivity (Wildman–Crippen MR) is 67.0 cm³/mol. The third kappa shape index (κ3) is 0.948. The average Bonchev–Trinajstić information content (AvgIpc) is 2.34. The van der Waals surface area contributed by atoms with Crippen LogP contribution in [0, 0.1) is 17.8 Å². The van der Waals surface area contributed by atoms with Crippen LogP contribution < -0.4 is 0 Å². The molecule has 0 nitrogen and oxygen atoms in total. The summed E-state index contributed by atoms with van der Waals surface area (Å²) in [5.41, 5.74) is 2.97. The van der Waals surface area contributed by atoms with Gasteiger partial charge in [-0.15, -0.1) is 0 Å². The standard InChI is InChI=1S/C16H14/c1-2-6-12-11(5-1)9-10-15-13-7-3-4-8-14(13)16(12)15/h1-10,13-16H/t13-,14+,15-,16+/m1/s1. The molecule has 3 aliphatic rings. The number of fused-ring (bicyclic) bond motifs is 6. The molecule has 1 saturated carbocycles. The Hall–Kier alpha value is -1.56. The monoisotopic (exact) mass is 206 g/mol. The van der Waals surface area contributed by atoms with Crippen molar-refractivity contribution in [1.82, 2.24) is 0 Å². The molecule has 1 fully saturated rings. The summed E-state index contributed by atoms with van der Waals surface area (Å²) in [6.45, 7) is 0. The van der Waals surface area contributed by atoms with E-state index in [0.717, 1.165) is 23.7 Å². The van der Waals surface area contributed by atoms with E-state index < -0.39 is 0 Å². The van der Waals surface area contributed by atoms with E-state index in [1.165, 1.54) is 5.56 Å². The van der Waals surface area contributed by atoms with Gasteiger partial charge in [0.05, 0.1) is 0 Å². The molecule has 4 rings (SSSR count). The molecule has 0 heterocycles. The fraction of sp³-hybridized carbons (Fsp3) is 0.250. The summed E-state index contributed by atoms with van der Waals surface area (Å²) < 4.78 is 0. The van der Waals surface area contributed by atoms with E-state index in [1.807, 2.05) is 0 Å². The highest BCUT2D eigenvalue weighted by atomic mass is 14.5. The Kier molecular flexibility index (Phi) is 1.59. The molecular formula is C16H14. The highest BCUT2D eigenvalue weighted by Crippen LogP contribution is 2.57. The first-order valence-corrected chi connectivity index (χ1v) is 6.07. The number of hydrogen-bond acceptors (Lipinski definition) is 0. The molecule has 0 unspecified atom stereocenters. The van der Waals surface area contributed by atoms with Gasteiger partial charge in [-0.05, 0) is 34.8 Å². The number of rotatable bonds is 0. The van der Waals surface area contributed by atoms with Gasteiger partial charge < -0.3 is 0 Å². The van der Waals surface area contributed by atoms with Gasteiger partial charge in [-0.1, -0.05) is 60.7 Å². The second-order valence-corrected chi connectivity index (χ2v) is 5.02. The lowest BCUT2D eigenvalue weighted by atomic mass is 9.51. The van der Waals surface area contributed by atoms with Gasteiger partial charge in [0, 0.05) is 0 Å². The molecule has 1 aromatic rings. The molecule has 0 aliphatic heterocycles. The summed E-state index contributed by atoms with van der Waals surface area (Å²) in [7, 11) is 0. The van der Waals surface area contributed by atoms with Crippen molar-refractivity contribution in [2.24, 2.45) is 17.8 Å². The molecule has 16 heavy (non-hydrogen) atoms. The van der Waals surface area contributed by atoms with Crippen LogP contribution >= 0.6 is 0 Å². The van der Waals surface area contributed by atoms with Gasteiger partial charge in [-0.3, -0.25) is 0 Å². The van der Waals surface area contributed by atoms with Gasteiger partial charge in [0.1, 0.15) is 0 Å². The van der Waals surface area contributed by atoms with E-state index in [1.54, 1.807) is 5.56 Å². The van der Waals surface area contributed by atoms with Gasteiger partial charge in [0.25, 0.3) is 0 Å². The maximum Gasteiger partial charge on any atom is -0.00182 e. The third-order valence-electron chi connectivity index (χ3n) is 4.35. The SMILES string of the molecule is C1=C[C@H]2[C@H]3C=Cc4ccccc4[C@H]3[C@H]2C=C1. The third-order valence-corrected chi connectivity index (χ3v) is 4.35. The summed E-state index contributed by atoms with van der Waals surface area (Å²) in [6, 6.07) is 8.84. The lowest BCUT2D eigenvalue weighted by molar-refractivity contribution is 0.147. The average molecular weight is 206 g/mol. The van der Waals surface area contributed by atoms with E-state index in [4.69, 9.17) is 0 Å². The zero-order valence-corrected chi connectivity index (χ0v) is 9.08. The summed E-state index contributed by atoms with van der Waals surface area (Å²) in [5, 5.41) is 0. The molecule has 3 aliphatic carbocycles. The highest BCUT2D eigenvalue weighted by Gasteiger charge is 2.49. The van der Waals surface area contributed by atoms with Crippen LogP contribution in [-0.2, 0) is 0 Å². The largest absolute Gasteiger partial charge is 0.0802 e. The molecule has 0 amide bonds. The van der Waals surface area contributed by atoms with E-state index in [0.29, 0.717) is 0 Å². The predicted octanol–water partition coefficient (Wildman–Crippen LogP) is 3.79. The van der Waals surface area contributed by atoms with Crippen molar-refractivity contribution >= 4 is 6.08 Å². The van der Waals surface area contributed by atoms with E-state index in [9.17, 15) is 0 Å². The van der Waals surface area contributed by atoms with E-state index in [2.05, 4.69) is 60.7 Å². The van der Waals surface area contributed by atoms with Crippen LogP contribution in [0.4, 0.5) is 0 Å². The fourth-order valence-electron chi connectivity index (χ4n) is 3.58.